The quantitative estimate of drug-likeness (QED) is 0.617. The van der Waals surface area contributed by atoms with Crippen LogP contribution in [0.1, 0.15) is 12.5 Å². The third-order valence-electron chi connectivity index (χ3n) is 3.39. The van der Waals surface area contributed by atoms with Crippen molar-refractivity contribution in [2.75, 3.05) is 6.61 Å². The summed E-state index contributed by atoms with van der Waals surface area (Å²) < 4.78 is 11.8. The van der Waals surface area contributed by atoms with Crippen LogP contribution >= 0.6 is 39.1 Å². The van der Waals surface area contributed by atoms with E-state index < -0.39 is 17.9 Å². The van der Waals surface area contributed by atoms with Crippen molar-refractivity contribution in [1.29, 1.82) is 0 Å². The summed E-state index contributed by atoms with van der Waals surface area (Å²) >= 11 is 15.2. The van der Waals surface area contributed by atoms with E-state index in [2.05, 4.69) is 26.8 Å². The van der Waals surface area contributed by atoms with E-state index in [9.17, 15) is 9.59 Å². The summed E-state index contributed by atoms with van der Waals surface area (Å²) in [5, 5.41) is 0.738. The molecule has 27 heavy (non-hydrogen) atoms. The molecule has 144 valence electrons. The highest BCUT2D eigenvalue weighted by Crippen LogP contribution is 2.28. The minimum atomic E-state index is -0.890. The van der Waals surface area contributed by atoms with Gasteiger partial charge in [-0.25, -0.2) is 0 Å². The highest BCUT2D eigenvalue weighted by molar-refractivity contribution is 9.10. The number of amides is 2. The molecule has 2 N–H and O–H groups in total. The van der Waals surface area contributed by atoms with E-state index in [1.807, 2.05) is 13.0 Å². The van der Waals surface area contributed by atoms with Crippen LogP contribution in [0.4, 0.5) is 0 Å². The van der Waals surface area contributed by atoms with Crippen molar-refractivity contribution in [1.82, 2.24) is 10.9 Å². The molecule has 2 amide bonds. The lowest BCUT2D eigenvalue weighted by Crippen LogP contribution is -2.48. The molecule has 0 heterocycles. The van der Waals surface area contributed by atoms with Gasteiger partial charge in [0, 0.05) is 9.50 Å². The van der Waals surface area contributed by atoms with E-state index in [0.29, 0.717) is 16.5 Å². The van der Waals surface area contributed by atoms with Gasteiger partial charge in [-0.3, -0.25) is 20.4 Å². The Kier molecular flexibility index (Phi) is 7.77. The van der Waals surface area contributed by atoms with Crippen LogP contribution in [0.5, 0.6) is 11.5 Å². The number of aryl methyl sites for hydroxylation is 1. The van der Waals surface area contributed by atoms with Gasteiger partial charge in [0.05, 0.1) is 5.02 Å². The maximum Gasteiger partial charge on any atom is 0.279 e. The second-order valence-electron chi connectivity index (χ2n) is 5.57. The molecular formula is C18H17BrCl2N2O4. The molecule has 2 rings (SSSR count). The van der Waals surface area contributed by atoms with Crippen LogP contribution in [0.2, 0.25) is 10.0 Å². The van der Waals surface area contributed by atoms with E-state index >= 15 is 0 Å². The fourth-order valence-corrected chi connectivity index (χ4v) is 2.64. The molecule has 9 heteroatoms. The first-order valence-electron chi connectivity index (χ1n) is 7.85. The van der Waals surface area contributed by atoms with Crippen molar-refractivity contribution < 1.29 is 19.1 Å². The van der Waals surface area contributed by atoms with Crippen LogP contribution in [0.3, 0.4) is 0 Å². The second kappa shape index (κ2) is 9.82. The third kappa shape index (κ3) is 6.61. The topological polar surface area (TPSA) is 76.7 Å². The minimum absolute atomic E-state index is 0.250. The van der Waals surface area contributed by atoms with Gasteiger partial charge in [-0.15, -0.1) is 0 Å². The van der Waals surface area contributed by atoms with Gasteiger partial charge in [0.2, 0.25) is 0 Å². The molecule has 0 aromatic heterocycles. The largest absolute Gasteiger partial charge is 0.484 e. The molecule has 0 radical (unpaired) electrons. The molecule has 1 atom stereocenters. The van der Waals surface area contributed by atoms with E-state index in [1.54, 1.807) is 24.3 Å². The van der Waals surface area contributed by atoms with Gasteiger partial charge in [0.1, 0.15) is 11.5 Å². The summed E-state index contributed by atoms with van der Waals surface area (Å²) in [6, 6.07) is 10.0. The molecule has 0 aliphatic heterocycles. The van der Waals surface area contributed by atoms with Crippen LogP contribution in [0.15, 0.2) is 40.9 Å². The van der Waals surface area contributed by atoms with Gasteiger partial charge in [-0.05, 0) is 55.8 Å². The molecule has 0 unspecified atom stereocenters. The SMILES string of the molecule is Cc1cc(OCC(=O)NNC(=O)[C@H](C)Oc2ccc(Cl)cc2Cl)ccc1Br. The molecular weight excluding hydrogens is 459 g/mol. The number of carbonyl (C=O) groups is 2. The summed E-state index contributed by atoms with van der Waals surface area (Å²) in [4.78, 5) is 23.8. The van der Waals surface area contributed by atoms with Gasteiger partial charge in [0.15, 0.2) is 12.7 Å². The molecule has 0 aliphatic rings. The maximum absolute atomic E-state index is 12.0. The van der Waals surface area contributed by atoms with Crippen molar-refractivity contribution in [3.05, 3.63) is 56.5 Å². The zero-order chi connectivity index (χ0) is 20.0. The standard InChI is InChI=1S/C18H17BrCl2N2O4/c1-10-7-13(4-5-14(10)19)26-9-17(24)22-23-18(25)11(2)27-16-6-3-12(20)8-15(16)21/h3-8,11H,9H2,1-2H3,(H,22,24)(H,23,25)/t11-/m0/s1. The van der Waals surface area contributed by atoms with E-state index in [1.165, 1.54) is 13.0 Å². The van der Waals surface area contributed by atoms with E-state index in [0.717, 1.165) is 10.0 Å². The Hall–Kier alpha value is -1.96. The molecule has 0 aliphatic carbocycles. The normalized spacial score (nSPS) is 11.4. The Morgan fingerprint density at radius 2 is 1.89 bits per heavy atom. The number of halogens is 3. The molecule has 0 fully saturated rings. The summed E-state index contributed by atoms with van der Waals surface area (Å²) in [6.07, 6.45) is -0.890. The van der Waals surface area contributed by atoms with Crippen LogP contribution in [-0.4, -0.2) is 24.5 Å². The third-order valence-corrected chi connectivity index (χ3v) is 4.81. The molecule has 2 aromatic rings. The van der Waals surface area contributed by atoms with E-state index in [-0.39, 0.29) is 11.6 Å². The van der Waals surface area contributed by atoms with Crippen molar-refractivity contribution in [3.63, 3.8) is 0 Å². The maximum atomic E-state index is 12.0. The predicted molar refractivity (Wildman–Crippen MR) is 107 cm³/mol. The van der Waals surface area contributed by atoms with Crippen LogP contribution < -0.4 is 20.3 Å². The first kappa shape index (κ1) is 21.3. The zero-order valence-corrected chi connectivity index (χ0v) is 17.6. The van der Waals surface area contributed by atoms with Gasteiger partial charge in [-0.2, -0.15) is 0 Å². The highest BCUT2D eigenvalue weighted by atomic mass is 79.9. The number of benzene rings is 2. The Morgan fingerprint density at radius 1 is 1.15 bits per heavy atom. The summed E-state index contributed by atoms with van der Waals surface area (Å²) in [5.74, 6) is -0.204. The monoisotopic (exact) mass is 474 g/mol. The lowest BCUT2D eigenvalue weighted by atomic mass is 10.2. The van der Waals surface area contributed by atoms with Gasteiger partial charge < -0.3 is 9.47 Å². The number of nitrogens with one attached hydrogen (secondary N) is 2. The van der Waals surface area contributed by atoms with Crippen molar-refractivity contribution >= 4 is 50.9 Å². The van der Waals surface area contributed by atoms with Gasteiger partial charge >= 0.3 is 0 Å². The number of hydrogen-bond acceptors (Lipinski definition) is 4. The van der Waals surface area contributed by atoms with Crippen molar-refractivity contribution in [3.8, 4) is 11.5 Å². The molecule has 6 nitrogen and oxygen atoms in total. The lowest BCUT2D eigenvalue weighted by molar-refractivity contribution is -0.133. The van der Waals surface area contributed by atoms with Gasteiger partial charge in [0.25, 0.3) is 11.8 Å². The van der Waals surface area contributed by atoms with Crippen molar-refractivity contribution in [2.45, 2.75) is 20.0 Å². The fraction of sp³-hybridized carbons (Fsp3) is 0.222. The summed E-state index contributed by atoms with van der Waals surface area (Å²) in [6.45, 7) is 3.18. The summed E-state index contributed by atoms with van der Waals surface area (Å²) in [7, 11) is 0. The molecule has 0 saturated carbocycles. The molecule has 0 bridgehead atoms. The fourth-order valence-electron chi connectivity index (χ4n) is 1.94. The smallest absolute Gasteiger partial charge is 0.279 e. The first-order valence-corrected chi connectivity index (χ1v) is 9.40. The minimum Gasteiger partial charge on any atom is -0.484 e. The Labute approximate surface area is 175 Å². The Morgan fingerprint density at radius 3 is 2.56 bits per heavy atom. The zero-order valence-electron chi connectivity index (χ0n) is 14.5. The van der Waals surface area contributed by atoms with Crippen LogP contribution in [-0.2, 0) is 9.59 Å². The van der Waals surface area contributed by atoms with Gasteiger partial charge in [-0.1, -0.05) is 39.1 Å². The number of hydrazine groups is 1. The second-order valence-corrected chi connectivity index (χ2v) is 7.27. The Bertz CT molecular complexity index is 848. The number of rotatable bonds is 6. The lowest BCUT2D eigenvalue weighted by Gasteiger charge is -2.16. The first-order chi connectivity index (χ1) is 12.8. The average molecular weight is 476 g/mol. The van der Waals surface area contributed by atoms with Crippen molar-refractivity contribution in [2.24, 2.45) is 0 Å². The highest BCUT2D eigenvalue weighted by Gasteiger charge is 2.17. The molecule has 0 spiro atoms. The Balaban J connectivity index is 1.78. The average Bonchev–Trinajstić information content (AvgIpc) is 2.62. The summed E-state index contributed by atoms with van der Waals surface area (Å²) in [5.41, 5.74) is 5.51. The molecule has 0 saturated heterocycles. The van der Waals surface area contributed by atoms with E-state index in [4.69, 9.17) is 32.7 Å². The predicted octanol–water partition coefficient (Wildman–Crippen LogP) is 4.06. The number of carbonyl (C=O) groups excluding carboxylic acids is 2. The van der Waals surface area contributed by atoms with Crippen LogP contribution in [0.25, 0.3) is 0 Å². The number of ether oxygens (including phenoxy) is 2. The number of hydrogen-bond donors (Lipinski definition) is 2. The van der Waals surface area contributed by atoms with Crippen LogP contribution in [0, 0.1) is 6.92 Å². The molecule has 2 aromatic carbocycles.